The van der Waals surface area contributed by atoms with E-state index in [1.165, 1.54) is 96.7 Å². The second kappa shape index (κ2) is 21.3. The van der Waals surface area contributed by atoms with Gasteiger partial charge in [0.25, 0.3) is 0 Å². The summed E-state index contributed by atoms with van der Waals surface area (Å²) in [5.41, 5.74) is 0. The molecule has 0 saturated heterocycles. The number of unbranched alkanes of at least 4 members (excludes halogenated alkanes) is 10. The molecule has 0 aliphatic heterocycles. The second-order valence-electron chi connectivity index (χ2n) is 8.14. The van der Waals surface area contributed by atoms with Gasteiger partial charge in [-0.1, -0.05) is 90.0 Å². The molecule has 168 valence electrons. The van der Waals surface area contributed by atoms with E-state index in [2.05, 4.69) is 28.4 Å². The fourth-order valence-electron chi connectivity index (χ4n) is 3.40. The van der Waals surface area contributed by atoms with Gasteiger partial charge in [0.05, 0.1) is 0 Å². The summed E-state index contributed by atoms with van der Waals surface area (Å²) in [4.78, 5) is 9.49. The molecule has 0 bridgehead atoms. The average Bonchev–Trinajstić information content (AvgIpc) is 2.68. The molecule has 0 fully saturated rings. The number of guanidine groups is 1. The maximum atomic E-state index is 4.73. The quantitative estimate of drug-likeness (QED) is 0.118. The first-order valence-corrected chi connectivity index (χ1v) is 13.1. The normalized spacial score (nSPS) is 12.0. The molecule has 0 aromatic rings. The Kier molecular flexibility index (Phi) is 21.0. The zero-order valence-electron chi connectivity index (χ0n) is 19.8. The summed E-state index contributed by atoms with van der Waals surface area (Å²) in [5, 5.41) is 0. The van der Waals surface area contributed by atoms with Crippen molar-refractivity contribution in [2.45, 2.75) is 97.3 Å². The largest absolute Gasteiger partial charge is 0.348 e. The van der Waals surface area contributed by atoms with Crippen LogP contribution in [0.3, 0.4) is 0 Å². The first-order chi connectivity index (χ1) is 13.7. The Labute approximate surface area is 181 Å². The van der Waals surface area contributed by atoms with Crippen LogP contribution in [0.5, 0.6) is 0 Å². The lowest BCUT2D eigenvalue weighted by molar-refractivity contribution is 0.258. The van der Waals surface area contributed by atoms with Crippen molar-refractivity contribution >= 4 is 17.9 Å². The van der Waals surface area contributed by atoms with Crippen LogP contribution in [0.25, 0.3) is 0 Å². The van der Waals surface area contributed by atoms with Gasteiger partial charge in [0, 0.05) is 26.9 Å². The molecule has 0 atom stereocenters. The van der Waals surface area contributed by atoms with Gasteiger partial charge in [0.1, 0.15) is 0 Å². The van der Waals surface area contributed by atoms with Gasteiger partial charge in [-0.25, -0.2) is 0 Å². The molecule has 5 heteroatoms. The molecule has 0 aromatic carbocycles. The molecule has 0 unspecified atom stereocenters. The van der Waals surface area contributed by atoms with E-state index < -0.39 is 0 Å². The Balaban J connectivity index is 4.17. The number of rotatable bonds is 19. The van der Waals surface area contributed by atoms with E-state index in [4.69, 9.17) is 4.99 Å². The molecule has 1 N–H and O–H groups in total. The van der Waals surface area contributed by atoms with Crippen LogP contribution in [0.15, 0.2) is 4.99 Å². The molecule has 0 heterocycles. The van der Waals surface area contributed by atoms with Crippen LogP contribution in [-0.4, -0.2) is 62.3 Å². The van der Waals surface area contributed by atoms with Gasteiger partial charge in [-0.15, -0.1) is 0 Å². The Morgan fingerprint density at radius 1 is 0.714 bits per heavy atom. The van der Waals surface area contributed by atoms with E-state index in [-0.39, 0.29) is 0 Å². The predicted octanol–water partition coefficient (Wildman–Crippen LogP) is 6.18. The Hall–Kier alpha value is -0.420. The molecule has 0 aromatic heterocycles. The maximum Gasteiger partial charge on any atom is 0.203 e. The lowest BCUT2D eigenvalue weighted by atomic mass is 10.1. The molecule has 0 saturated carbocycles. The summed E-state index contributed by atoms with van der Waals surface area (Å²) in [7, 11) is 4.09. The van der Waals surface area contributed by atoms with Crippen LogP contribution < -0.4 is 4.72 Å². The lowest BCUT2D eigenvalue weighted by Crippen LogP contribution is -2.32. The summed E-state index contributed by atoms with van der Waals surface area (Å²) in [6, 6.07) is 0. The van der Waals surface area contributed by atoms with Gasteiger partial charge < -0.3 is 14.5 Å². The topological polar surface area (TPSA) is 30.9 Å². The highest BCUT2D eigenvalue weighted by molar-refractivity contribution is 7.97. The van der Waals surface area contributed by atoms with Gasteiger partial charge in [-0.3, -0.25) is 4.99 Å². The van der Waals surface area contributed by atoms with Gasteiger partial charge in [0.15, 0.2) is 0 Å². The minimum absolute atomic E-state index is 0.907. The first-order valence-electron chi connectivity index (χ1n) is 11.9. The van der Waals surface area contributed by atoms with Gasteiger partial charge in [-0.05, 0) is 38.9 Å². The molecule has 4 nitrogen and oxygen atoms in total. The third-order valence-corrected chi connectivity index (χ3v) is 5.55. The molecule has 0 amide bonds. The summed E-state index contributed by atoms with van der Waals surface area (Å²) in [6.07, 6.45) is 19.8. The van der Waals surface area contributed by atoms with E-state index >= 15 is 0 Å². The number of nitrogens with zero attached hydrogens (tertiary/aromatic N) is 3. The number of hydrogen-bond acceptors (Lipinski definition) is 3. The fraction of sp³-hybridized carbons (Fsp3) is 0.957. The fourth-order valence-corrected chi connectivity index (χ4v) is 3.83. The third kappa shape index (κ3) is 17.7. The first kappa shape index (κ1) is 27.6. The molecule has 0 rings (SSSR count). The maximum absolute atomic E-state index is 4.73. The van der Waals surface area contributed by atoms with Crippen molar-refractivity contribution in [3.63, 3.8) is 0 Å². The van der Waals surface area contributed by atoms with Crippen LogP contribution in [0, 0.1) is 0 Å². The van der Waals surface area contributed by atoms with Crippen LogP contribution in [0.1, 0.15) is 97.3 Å². The zero-order valence-corrected chi connectivity index (χ0v) is 20.6. The Morgan fingerprint density at radius 3 is 1.64 bits per heavy atom. The molecule has 0 aliphatic carbocycles. The average molecular weight is 415 g/mol. The highest BCUT2D eigenvalue weighted by Crippen LogP contribution is 2.09. The molecular weight excluding hydrogens is 364 g/mol. The third-order valence-electron chi connectivity index (χ3n) is 5.17. The molecule has 0 radical (unpaired) electrons. The second-order valence-corrected chi connectivity index (χ2v) is 8.75. The summed E-state index contributed by atoms with van der Waals surface area (Å²) >= 11 is 1.61. The lowest BCUT2D eigenvalue weighted by Gasteiger charge is -2.22. The molecule has 0 spiro atoms. The van der Waals surface area contributed by atoms with Gasteiger partial charge in [-0.2, -0.15) is 0 Å². The van der Waals surface area contributed by atoms with E-state index in [1.807, 2.05) is 20.4 Å². The van der Waals surface area contributed by atoms with Crippen molar-refractivity contribution in [3.05, 3.63) is 0 Å². The number of aliphatic imine (C=N–C) groups is 1. The highest BCUT2D eigenvalue weighted by atomic mass is 32.2. The zero-order chi connectivity index (χ0) is 20.9. The minimum Gasteiger partial charge on any atom is -0.348 e. The summed E-state index contributed by atoms with van der Waals surface area (Å²) in [6.45, 7) is 9.23. The highest BCUT2D eigenvalue weighted by Gasteiger charge is 2.05. The van der Waals surface area contributed by atoms with Crippen molar-refractivity contribution in [2.75, 3.05) is 46.5 Å². The smallest absolute Gasteiger partial charge is 0.203 e. The van der Waals surface area contributed by atoms with Gasteiger partial charge in [0.2, 0.25) is 5.96 Å². The van der Waals surface area contributed by atoms with Crippen molar-refractivity contribution in [3.8, 4) is 0 Å². The van der Waals surface area contributed by atoms with Crippen LogP contribution in [0.4, 0.5) is 0 Å². The van der Waals surface area contributed by atoms with E-state index in [9.17, 15) is 0 Å². The van der Waals surface area contributed by atoms with Crippen molar-refractivity contribution < 1.29 is 0 Å². The van der Waals surface area contributed by atoms with Gasteiger partial charge >= 0.3 is 0 Å². The van der Waals surface area contributed by atoms with E-state index in [1.54, 1.807) is 11.9 Å². The molecule has 28 heavy (non-hydrogen) atoms. The summed E-state index contributed by atoms with van der Waals surface area (Å²) in [5.74, 6) is 0.978. The van der Waals surface area contributed by atoms with Crippen LogP contribution in [-0.2, 0) is 0 Å². The SMILES string of the molecule is CCCCCCCCN(CCCCCCCC)CCCN=C(NSC)N(C)C. The number of hydrogen-bond donors (Lipinski definition) is 1. The Bertz CT molecular complexity index is 331. The monoisotopic (exact) mass is 414 g/mol. The predicted molar refractivity (Wildman–Crippen MR) is 130 cm³/mol. The standard InChI is InChI=1S/C23H50N4S/c1-6-8-10-12-14-16-20-27(21-17-15-13-11-9-7-2)22-18-19-24-23(25-28-5)26(3)4/h6-22H2,1-5H3,(H,24,25). The Morgan fingerprint density at radius 2 is 1.18 bits per heavy atom. The summed E-state index contributed by atoms with van der Waals surface area (Å²) < 4.78 is 3.27. The van der Waals surface area contributed by atoms with Crippen molar-refractivity contribution in [1.82, 2.24) is 14.5 Å². The minimum atomic E-state index is 0.907. The van der Waals surface area contributed by atoms with E-state index in [0.29, 0.717) is 0 Å². The molecular formula is C23H50N4S. The van der Waals surface area contributed by atoms with Crippen LogP contribution in [0.2, 0.25) is 0 Å². The van der Waals surface area contributed by atoms with Crippen LogP contribution >= 0.6 is 11.9 Å². The van der Waals surface area contributed by atoms with Crippen molar-refractivity contribution in [2.24, 2.45) is 4.99 Å². The van der Waals surface area contributed by atoms with Crippen molar-refractivity contribution in [1.29, 1.82) is 0 Å². The molecule has 0 aliphatic rings. The van der Waals surface area contributed by atoms with E-state index in [0.717, 1.165) is 18.9 Å². The number of nitrogens with one attached hydrogen (secondary N) is 1.